The topological polar surface area (TPSA) is 32.3 Å². The number of benzene rings is 2. The first-order valence-corrected chi connectivity index (χ1v) is 8.07. The van der Waals surface area contributed by atoms with Crippen molar-refractivity contribution in [2.45, 2.75) is 12.8 Å². The fraction of sp³-hybridized carbons (Fsp3) is 0.316. The van der Waals surface area contributed by atoms with Crippen LogP contribution in [0, 0.1) is 17.6 Å². The summed E-state index contributed by atoms with van der Waals surface area (Å²) in [7, 11) is 2.06. The van der Waals surface area contributed by atoms with E-state index in [1.807, 2.05) is 0 Å². The van der Waals surface area contributed by atoms with Gasteiger partial charge in [-0.25, -0.2) is 8.78 Å². The van der Waals surface area contributed by atoms with E-state index < -0.39 is 11.6 Å². The van der Waals surface area contributed by atoms with Crippen LogP contribution in [0.5, 0.6) is 0 Å². The maximum atomic E-state index is 13.3. The predicted molar refractivity (Wildman–Crippen MR) is 90.6 cm³/mol. The van der Waals surface area contributed by atoms with E-state index in [1.165, 1.54) is 12.1 Å². The molecule has 3 nitrogen and oxygen atoms in total. The highest BCUT2D eigenvalue weighted by Gasteiger charge is 2.24. The highest BCUT2D eigenvalue weighted by molar-refractivity contribution is 5.98. The lowest BCUT2D eigenvalue weighted by atomic mass is 9.89. The Morgan fingerprint density at radius 3 is 2.38 bits per heavy atom. The average molecular weight is 330 g/mol. The molecule has 0 spiro atoms. The van der Waals surface area contributed by atoms with Crippen molar-refractivity contribution in [3.63, 3.8) is 0 Å². The van der Waals surface area contributed by atoms with Crippen molar-refractivity contribution in [2.75, 3.05) is 25.5 Å². The molecular formula is C19H20F2N2O. The molecule has 0 atom stereocenters. The van der Waals surface area contributed by atoms with Crippen molar-refractivity contribution < 1.29 is 13.6 Å². The molecule has 1 aliphatic heterocycles. The molecule has 0 unspecified atom stereocenters. The number of nitrogens with zero attached hydrogens (tertiary/aromatic N) is 1. The molecule has 0 aromatic heterocycles. The molecule has 24 heavy (non-hydrogen) atoms. The molecule has 1 N–H and O–H groups in total. The Labute approximate surface area is 140 Å². The van der Waals surface area contributed by atoms with E-state index in [9.17, 15) is 13.6 Å². The van der Waals surface area contributed by atoms with Crippen LogP contribution in [0.3, 0.4) is 0 Å². The van der Waals surface area contributed by atoms with Crippen LogP contribution in [-0.4, -0.2) is 30.8 Å². The molecule has 0 saturated carbocycles. The lowest BCUT2D eigenvalue weighted by Gasteiger charge is -2.28. The zero-order valence-corrected chi connectivity index (χ0v) is 13.6. The molecular weight excluding hydrogens is 310 g/mol. The second-order valence-electron chi connectivity index (χ2n) is 6.31. The second kappa shape index (κ2) is 7.09. The van der Waals surface area contributed by atoms with Crippen LogP contribution in [0.4, 0.5) is 20.2 Å². The highest BCUT2D eigenvalue weighted by Crippen LogP contribution is 2.24. The smallest absolute Gasteiger partial charge is 0.166 e. The van der Waals surface area contributed by atoms with Crippen LogP contribution < -0.4 is 5.32 Å². The van der Waals surface area contributed by atoms with Crippen LogP contribution in [0.1, 0.15) is 23.2 Å². The fourth-order valence-electron chi connectivity index (χ4n) is 3.05. The summed E-state index contributed by atoms with van der Waals surface area (Å²) in [6.45, 7) is 1.85. The van der Waals surface area contributed by atoms with Gasteiger partial charge < -0.3 is 10.2 Å². The Balaban J connectivity index is 1.75. The van der Waals surface area contributed by atoms with Crippen molar-refractivity contribution in [1.29, 1.82) is 0 Å². The number of carbonyl (C=O) groups is 1. The third-order valence-corrected chi connectivity index (χ3v) is 4.39. The lowest BCUT2D eigenvalue weighted by molar-refractivity contribution is 0.0857. The molecule has 0 amide bonds. The lowest BCUT2D eigenvalue weighted by Crippen LogP contribution is -2.33. The van der Waals surface area contributed by atoms with Gasteiger partial charge in [0.1, 0.15) is 11.6 Å². The van der Waals surface area contributed by atoms with E-state index in [0.29, 0.717) is 16.9 Å². The summed E-state index contributed by atoms with van der Waals surface area (Å²) in [5, 5.41) is 2.95. The summed E-state index contributed by atoms with van der Waals surface area (Å²) >= 11 is 0. The molecule has 0 aliphatic carbocycles. The standard InChI is InChI=1S/C19H20F2N2O/c1-23-7-5-13(6-8-23)19(24)14-3-2-4-17(9-14)22-18-11-15(20)10-16(21)12-18/h2-4,9-13,22H,5-8H2,1H3. The van der Waals surface area contributed by atoms with Gasteiger partial charge in [0.15, 0.2) is 5.78 Å². The Kier molecular flexibility index (Phi) is 4.90. The van der Waals surface area contributed by atoms with Crippen molar-refractivity contribution >= 4 is 17.2 Å². The minimum atomic E-state index is -0.643. The Morgan fingerprint density at radius 1 is 1.04 bits per heavy atom. The van der Waals surface area contributed by atoms with Crippen LogP contribution in [0.25, 0.3) is 0 Å². The number of rotatable bonds is 4. The summed E-state index contributed by atoms with van der Waals surface area (Å²) in [6.07, 6.45) is 1.73. The van der Waals surface area contributed by atoms with E-state index in [1.54, 1.807) is 24.3 Å². The normalized spacial score (nSPS) is 16.1. The zero-order chi connectivity index (χ0) is 17.1. The molecule has 0 bridgehead atoms. The van der Waals surface area contributed by atoms with Crippen molar-refractivity contribution in [3.8, 4) is 0 Å². The largest absolute Gasteiger partial charge is 0.355 e. The molecule has 2 aromatic rings. The number of anilines is 2. The van der Waals surface area contributed by atoms with Gasteiger partial charge in [0.25, 0.3) is 0 Å². The van der Waals surface area contributed by atoms with Crippen molar-refractivity contribution in [3.05, 3.63) is 59.7 Å². The molecule has 5 heteroatoms. The molecule has 1 heterocycles. The average Bonchev–Trinajstić information content (AvgIpc) is 2.54. The first-order valence-electron chi connectivity index (χ1n) is 8.07. The van der Waals surface area contributed by atoms with Crippen LogP contribution in [-0.2, 0) is 0 Å². The fourth-order valence-corrected chi connectivity index (χ4v) is 3.05. The van der Waals surface area contributed by atoms with Crippen molar-refractivity contribution in [2.24, 2.45) is 5.92 Å². The number of hydrogen-bond donors (Lipinski definition) is 1. The van der Waals surface area contributed by atoms with Crippen molar-refractivity contribution in [1.82, 2.24) is 4.90 Å². The van der Waals surface area contributed by atoms with Gasteiger partial charge in [-0.1, -0.05) is 12.1 Å². The third-order valence-electron chi connectivity index (χ3n) is 4.39. The molecule has 1 aliphatic rings. The zero-order valence-electron chi connectivity index (χ0n) is 13.6. The highest BCUT2D eigenvalue weighted by atomic mass is 19.1. The minimum absolute atomic E-state index is 0.0445. The molecule has 2 aromatic carbocycles. The third kappa shape index (κ3) is 3.97. The number of ketones is 1. The number of likely N-dealkylation sites (tertiary alicyclic amines) is 1. The van der Waals surface area contributed by atoms with Gasteiger partial charge in [-0.15, -0.1) is 0 Å². The van der Waals surface area contributed by atoms with E-state index in [2.05, 4.69) is 17.3 Å². The summed E-state index contributed by atoms with van der Waals surface area (Å²) < 4.78 is 26.5. The summed E-state index contributed by atoms with van der Waals surface area (Å²) in [5.74, 6) is -1.10. The Hall–Kier alpha value is -2.27. The molecule has 1 fully saturated rings. The first-order chi connectivity index (χ1) is 11.5. The Bertz CT molecular complexity index is 720. The minimum Gasteiger partial charge on any atom is -0.355 e. The SMILES string of the molecule is CN1CCC(C(=O)c2cccc(Nc3cc(F)cc(F)c3)c2)CC1. The van der Waals surface area contributed by atoms with Crippen LogP contribution in [0.2, 0.25) is 0 Å². The Morgan fingerprint density at radius 2 is 1.71 bits per heavy atom. The maximum absolute atomic E-state index is 13.3. The van der Waals surface area contributed by atoms with Gasteiger partial charge in [-0.3, -0.25) is 4.79 Å². The molecule has 3 rings (SSSR count). The summed E-state index contributed by atoms with van der Waals surface area (Å²) in [6, 6.07) is 10.3. The van der Waals surface area contributed by atoms with E-state index in [0.717, 1.165) is 32.0 Å². The quantitative estimate of drug-likeness (QED) is 0.851. The van der Waals surface area contributed by atoms with Gasteiger partial charge in [-0.2, -0.15) is 0 Å². The number of nitrogens with one attached hydrogen (secondary N) is 1. The van der Waals surface area contributed by atoms with Crippen LogP contribution in [0.15, 0.2) is 42.5 Å². The first kappa shape index (κ1) is 16.6. The monoisotopic (exact) mass is 330 g/mol. The van der Waals surface area contributed by atoms with E-state index in [-0.39, 0.29) is 11.7 Å². The van der Waals surface area contributed by atoms with E-state index in [4.69, 9.17) is 0 Å². The summed E-state index contributed by atoms with van der Waals surface area (Å²) in [5.41, 5.74) is 1.58. The molecule has 126 valence electrons. The maximum Gasteiger partial charge on any atom is 0.166 e. The predicted octanol–water partition coefficient (Wildman–Crippen LogP) is 4.23. The van der Waals surface area contributed by atoms with Gasteiger partial charge >= 0.3 is 0 Å². The van der Waals surface area contributed by atoms with Gasteiger partial charge in [0.2, 0.25) is 0 Å². The van der Waals surface area contributed by atoms with Gasteiger partial charge in [0.05, 0.1) is 0 Å². The van der Waals surface area contributed by atoms with Crippen LogP contribution >= 0.6 is 0 Å². The van der Waals surface area contributed by atoms with Gasteiger partial charge in [0, 0.05) is 28.9 Å². The molecule has 1 saturated heterocycles. The van der Waals surface area contributed by atoms with E-state index >= 15 is 0 Å². The van der Waals surface area contributed by atoms with Gasteiger partial charge in [-0.05, 0) is 57.2 Å². The summed E-state index contributed by atoms with van der Waals surface area (Å²) in [4.78, 5) is 14.9. The number of Topliss-reactive ketones (excluding diaryl/α,β-unsaturated/α-hetero) is 1. The number of piperidine rings is 1. The number of halogens is 2. The molecule has 0 radical (unpaired) electrons. The number of carbonyl (C=O) groups excluding carboxylic acids is 1. The second-order valence-corrected chi connectivity index (χ2v) is 6.31. The number of hydrogen-bond acceptors (Lipinski definition) is 3.